The van der Waals surface area contributed by atoms with Crippen molar-refractivity contribution >= 4 is 26.5 Å². The quantitative estimate of drug-likeness (QED) is 0.826. The monoisotopic (exact) mass is 319 g/mol. The van der Waals surface area contributed by atoms with Gasteiger partial charge in [0.15, 0.2) is 0 Å². The number of aliphatic hydroxyl groups excluding tert-OH is 1. The molecule has 2 nitrogen and oxygen atoms in total. The van der Waals surface area contributed by atoms with Crippen LogP contribution >= 0.6 is 0 Å². The first kappa shape index (κ1) is 14.4. The molecule has 0 bridgehead atoms. The summed E-state index contributed by atoms with van der Waals surface area (Å²) in [6.45, 7) is 4.80. The fraction of sp³-hybridized carbons (Fsp3) is 0.375. The van der Waals surface area contributed by atoms with Gasteiger partial charge in [0, 0.05) is 0 Å². The van der Waals surface area contributed by atoms with Gasteiger partial charge in [-0.1, -0.05) is 0 Å². The van der Waals surface area contributed by atoms with Crippen LogP contribution in [0.4, 0.5) is 0 Å². The Kier molecular flexibility index (Phi) is 5.30. The van der Waals surface area contributed by atoms with E-state index in [-0.39, 0.29) is 21.9 Å². The molecule has 2 aromatic carbocycles. The summed E-state index contributed by atoms with van der Waals surface area (Å²) in [6, 6.07) is 14.2. The van der Waals surface area contributed by atoms with E-state index in [0.717, 1.165) is 16.3 Å². The van der Waals surface area contributed by atoms with E-state index in [1.165, 1.54) is 5.39 Å². The van der Waals surface area contributed by atoms with Crippen molar-refractivity contribution in [3.8, 4) is 5.75 Å². The third-order valence-electron chi connectivity index (χ3n) is 2.86. The number of hydrogen-bond acceptors (Lipinski definition) is 2. The van der Waals surface area contributed by atoms with E-state index in [9.17, 15) is 5.11 Å². The van der Waals surface area contributed by atoms with Gasteiger partial charge in [0.1, 0.15) is 0 Å². The van der Waals surface area contributed by atoms with E-state index in [2.05, 4.69) is 32.0 Å². The van der Waals surface area contributed by atoms with Crippen molar-refractivity contribution in [2.45, 2.75) is 29.9 Å². The van der Waals surface area contributed by atoms with Gasteiger partial charge in [0.2, 0.25) is 0 Å². The number of rotatable bonds is 6. The molecular weight excluding hydrogens is 299 g/mol. The molecule has 0 saturated heterocycles. The van der Waals surface area contributed by atoms with Crippen LogP contribution in [-0.4, -0.2) is 33.6 Å². The second-order valence-corrected chi connectivity index (χ2v) is 8.60. The van der Waals surface area contributed by atoms with Gasteiger partial charge >= 0.3 is 121 Å². The normalized spacial score (nSPS) is 13.5. The fourth-order valence-corrected chi connectivity index (χ4v) is 3.51. The van der Waals surface area contributed by atoms with Crippen molar-refractivity contribution in [3.63, 3.8) is 0 Å². The second-order valence-electron chi connectivity index (χ2n) is 4.90. The summed E-state index contributed by atoms with van der Waals surface area (Å²) in [4.78, 5) is 0. The summed E-state index contributed by atoms with van der Waals surface area (Å²) in [7, 11) is 0. The number of fused-ring (bicyclic) bond motifs is 1. The zero-order valence-electron chi connectivity index (χ0n) is 11.4. The molecule has 101 valence electrons. The molecule has 2 rings (SSSR count). The summed E-state index contributed by atoms with van der Waals surface area (Å²) in [6.07, 6.45) is -0.346. The van der Waals surface area contributed by atoms with Crippen LogP contribution < -0.4 is 4.74 Å². The number of hydrogen-bond donors (Lipinski definition) is 1. The minimum absolute atomic E-state index is 0.218. The predicted octanol–water partition coefficient (Wildman–Crippen LogP) is 3.53. The first-order valence-corrected chi connectivity index (χ1v) is 9.03. The molecule has 0 fully saturated rings. The standard InChI is InChI=1S/C16H20AsO2/c1-12(2)17-10-14(18)11-19-16-9-5-7-13-6-3-4-8-15(13)16/h3-9,12,14,18H,10-11H2,1-2H3. The van der Waals surface area contributed by atoms with Crippen molar-refractivity contribution in [2.75, 3.05) is 6.61 Å². The zero-order chi connectivity index (χ0) is 13.7. The Bertz CT molecular complexity index is 520. The third-order valence-corrected chi connectivity index (χ3v) is 5.72. The van der Waals surface area contributed by atoms with E-state index < -0.39 is 0 Å². The van der Waals surface area contributed by atoms with Crippen LogP contribution in [0.1, 0.15) is 13.8 Å². The van der Waals surface area contributed by atoms with Crippen LogP contribution in [-0.2, 0) is 0 Å². The number of benzene rings is 2. The molecule has 1 radical (unpaired) electrons. The van der Waals surface area contributed by atoms with E-state index in [4.69, 9.17) is 4.74 Å². The number of ether oxygens (including phenoxy) is 1. The Morgan fingerprint density at radius 3 is 2.63 bits per heavy atom. The van der Waals surface area contributed by atoms with Crippen LogP contribution in [0.3, 0.4) is 0 Å². The van der Waals surface area contributed by atoms with Crippen molar-refractivity contribution in [1.82, 2.24) is 0 Å². The van der Waals surface area contributed by atoms with Gasteiger partial charge in [-0.25, -0.2) is 0 Å². The van der Waals surface area contributed by atoms with Crippen molar-refractivity contribution < 1.29 is 9.84 Å². The van der Waals surface area contributed by atoms with E-state index in [1.54, 1.807) is 0 Å². The molecule has 0 saturated carbocycles. The molecule has 0 spiro atoms. The van der Waals surface area contributed by atoms with Crippen molar-refractivity contribution in [3.05, 3.63) is 42.5 Å². The summed E-state index contributed by atoms with van der Waals surface area (Å²) < 4.78 is 6.49. The van der Waals surface area contributed by atoms with Gasteiger partial charge in [-0.05, 0) is 0 Å². The Hall–Kier alpha value is -0.982. The van der Waals surface area contributed by atoms with Gasteiger partial charge in [-0.15, -0.1) is 0 Å². The van der Waals surface area contributed by atoms with Gasteiger partial charge in [-0.3, -0.25) is 0 Å². The average Bonchev–Trinajstić information content (AvgIpc) is 2.42. The van der Waals surface area contributed by atoms with Crippen LogP contribution in [0.25, 0.3) is 10.8 Å². The Morgan fingerprint density at radius 2 is 1.84 bits per heavy atom. The predicted molar refractivity (Wildman–Crippen MR) is 81.1 cm³/mol. The summed E-state index contributed by atoms with van der Waals surface area (Å²) >= 11 is 0.218. The molecule has 0 aliphatic heterocycles. The summed E-state index contributed by atoms with van der Waals surface area (Å²) in [5.41, 5.74) is 0. The molecule has 1 atom stereocenters. The molecule has 0 aliphatic rings. The number of aliphatic hydroxyl groups is 1. The average molecular weight is 319 g/mol. The molecular formula is C16H20AsO2. The molecule has 1 N–H and O–H groups in total. The zero-order valence-corrected chi connectivity index (χ0v) is 13.3. The van der Waals surface area contributed by atoms with Gasteiger partial charge < -0.3 is 0 Å². The maximum absolute atomic E-state index is 9.93. The molecule has 0 aromatic heterocycles. The Morgan fingerprint density at radius 1 is 1.11 bits per heavy atom. The Balaban J connectivity index is 1.98. The molecule has 3 heteroatoms. The van der Waals surface area contributed by atoms with Gasteiger partial charge in [0.05, 0.1) is 0 Å². The molecule has 0 heterocycles. The molecule has 2 aromatic rings. The summed E-state index contributed by atoms with van der Waals surface area (Å²) in [5.74, 6) is 0.859. The fourth-order valence-electron chi connectivity index (χ4n) is 1.89. The maximum atomic E-state index is 9.93. The molecule has 19 heavy (non-hydrogen) atoms. The molecule has 1 unspecified atom stereocenters. The van der Waals surface area contributed by atoms with Crippen molar-refractivity contribution in [1.29, 1.82) is 0 Å². The topological polar surface area (TPSA) is 29.5 Å². The van der Waals surface area contributed by atoms with Crippen LogP contribution in [0.2, 0.25) is 9.91 Å². The van der Waals surface area contributed by atoms with Gasteiger partial charge in [0.25, 0.3) is 0 Å². The minimum atomic E-state index is -0.346. The summed E-state index contributed by atoms with van der Waals surface area (Å²) in [5, 5.41) is 13.1. The van der Waals surface area contributed by atoms with Crippen LogP contribution in [0.15, 0.2) is 42.5 Å². The Labute approximate surface area is 121 Å². The van der Waals surface area contributed by atoms with Crippen LogP contribution in [0.5, 0.6) is 5.75 Å². The SMILES string of the molecule is CC(C)[As]CC(O)COc1cccc2ccccc12. The third kappa shape index (κ3) is 4.26. The first-order valence-electron chi connectivity index (χ1n) is 6.62. The van der Waals surface area contributed by atoms with Crippen molar-refractivity contribution in [2.24, 2.45) is 0 Å². The first-order chi connectivity index (χ1) is 9.16. The van der Waals surface area contributed by atoms with E-state index in [0.29, 0.717) is 11.3 Å². The van der Waals surface area contributed by atoms with Gasteiger partial charge in [-0.2, -0.15) is 0 Å². The van der Waals surface area contributed by atoms with E-state index in [1.807, 2.05) is 24.3 Å². The molecule has 0 aliphatic carbocycles. The second kappa shape index (κ2) is 6.98. The van der Waals surface area contributed by atoms with E-state index >= 15 is 0 Å². The van der Waals surface area contributed by atoms with Crippen LogP contribution in [0, 0.1) is 0 Å². The molecule has 0 amide bonds.